The van der Waals surface area contributed by atoms with Gasteiger partial charge in [0.2, 0.25) is 0 Å². The van der Waals surface area contributed by atoms with E-state index >= 15 is 0 Å². The Labute approximate surface area is 98.9 Å². The van der Waals surface area contributed by atoms with Crippen molar-refractivity contribution in [2.45, 2.75) is 66.5 Å². The molecule has 5 heteroatoms. The van der Waals surface area contributed by atoms with Crippen LogP contribution in [0.5, 0.6) is 0 Å². The van der Waals surface area contributed by atoms with Crippen LogP contribution in [0.15, 0.2) is 0 Å². The van der Waals surface area contributed by atoms with Crippen molar-refractivity contribution in [2.24, 2.45) is 5.41 Å². The van der Waals surface area contributed by atoms with Gasteiger partial charge in [0.1, 0.15) is 0 Å². The highest BCUT2D eigenvalue weighted by Crippen LogP contribution is 2.58. The van der Waals surface area contributed by atoms with Crippen molar-refractivity contribution in [1.82, 2.24) is 0 Å². The molecular formula is C11H25O4P. The maximum absolute atomic E-state index is 12.5. The molecule has 0 amide bonds. The van der Waals surface area contributed by atoms with Crippen LogP contribution in [0.2, 0.25) is 0 Å². The summed E-state index contributed by atoms with van der Waals surface area (Å²) in [5.74, 6) is -1.12. The second-order valence-corrected chi connectivity index (χ2v) is 7.58. The largest absolute Gasteiger partial charge is 0.380 e. The fraction of sp³-hybridized carbons (Fsp3) is 1.00. The van der Waals surface area contributed by atoms with Crippen molar-refractivity contribution >= 4 is 7.60 Å². The summed E-state index contributed by atoms with van der Waals surface area (Å²) in [6, 6.07) is 0. The van der Waals surface area contributed by atoms with E-state index < -0.39 is 18.9 Å². The number of hydrogen-bond donors (Lipinski definition) is 1. The lowest BCUT2D eigenvalue weighted by Gasteiger charge is -2.33. The Morgan fingerprint density at radius 2 is 1.31 bits per heavy atom. The molecule has 0 radical (unpaired) electrons. The highest BCUT2D eigenvalue weighted by atomic mass is 31.2. The summed E-state index contributed by atoms with van der Waals surface area (Å²) >= 11 is 0. The summed E-state index contributed by atoms with van der Waals surface area (Å²) in [6.45, 7) is 12.5. The van der Waals surface area contributed by atoms with Gasteiger partial charge in [-0.2, -0.15) is 0 Å². The number of rotatable bonds is 5. The molecule has 0 heterocycles. The van der Waals surface area contributed by atoms with Crippen molar-refractivity contribution in [3.8, 4) is 0 Å². The van der Waals surface area contributed by atoms with Gasteiger partial charge in [-0.1, -0.05) is 20.8 Å². The number of hydrogen-bond acceptors (Lipinski definition) is 4. The summed E-state index contributed by atoms with van der Waals surface area (Å²) in [7, 11) is -3.49. The average molecular weight is 252 g/mol. The molecule has 98 valence electrons. The van der Waals surface area contributed by atoms with Gasteiger partial charge in [0.25, 0.3) is 0 Å². The van der Waals surface area contributed by atoms with E-state index in [1.54, 1.807) is 48.5 Å². The van der Waals surface area contributed by atoms with Crippen molar-refractivity contribution in [3.05, 3.63) is 0 Å². The van der Waals surface area contributed by atoms with Crippen LogP contribution in [0, 0.1) is 5.41 Å². The molecule has 0 aromatic heterocycles. The van der Waals surface area contributed by atoms with Gasteiger partial charge in [0, 0.05) is 0 Å². The molecule has 0 saturated carbocycles. The van der Waals surface area contributed by atoms with E-state index in [0.717, 1.165) is 0 Å². The number of aliphatic hydroxyl groups excluding tert-OH is 1. The lowest BCUT2D eigenvalue weighted by Crippen LogP contribution is -2.29. The van der Waals surface area contributed by atoms with Crippen molar-refractivity contribution in [3.63, 3.8) is 0 Å². The fourth-order valence-electron chi connectivity index (χ4n) is 1.20. The van der Waals surface area contributed by atoms with E-state index in [1.807, 2.05) is 0 Å². The maximum atomic E-state index is 12.5. The highest BCUT2D eigenvalue weighted by molar-refractivity contribution is 7.54. The Morgan fingerprint density at radius 3 is 1.50 bits per heavy atom. The van der Waals surface area contributed by atoms with Crippen molar-refractivity contribution < 1.29 is 18.7 Å². The maximum Gasteiger partial charge on any atom is 0.359 e. The molecule has 0 fully saturated rings. The van der Waals surface area contributed by atoms with Gasteiger partial charge in [0.05, 0.1) is 12.2 Å². The predicted molar refractivity (Wildman–Crippen MR) is 65.5 cm³/mol. The molecule has 4 nitrogen and oxygen atoms in total. The molecule has 1 atom stereocenters. The van der Waals surface area contributed by atoms with E-state index in [0.29, 0.717) is 0 Å². The lowest BCUT2D eigenvalue weighted by atomic mass is 9.98. The molecule has 0 aliphatic rings. The van der Waals surface area contributed by atoms with Crippen LogP contribution in [-0.4, -0.2) is 23.2 Å². The first-order valence-corrected chi connectivity index (χ1v) is 7.25. The molecule has 0 aliphatic carbocycles. The van der Waals surface area contributed by atoms with Crippen LogP contribution in [-0.2, 0) is 13.6 Å². The first-order chi connectivity index (χ1) is 6.99. The van der Waals surface area contributed by atoms with E-state index in [4.69, 9.17) is 9.05 Å². The van der Waals surface area contributed by atoms with E-state index in [-0.39, 0.29) is 12.2 Å². The standard InChI is InChI=1S/C11H25O4P/c1-8(2)14-16(13,15-9(3)4)10(12)11(5,6)7/h8-10,12H,1-7H3. The summed E-state index contributed by atoms with van der Waals surface area (Å²) in [5, 5.41) is 10.1. The molecule has 1 unspecified atom stereocenters. The SMILES string of the molecule is CC(C)OP(=O)(OC(C)C)C(O)C(C)(C)C. The summed E-state index contributed by atoms with van der Waals surface area (Å²) in [5.41, 5.74) is -0.542. The van der Waals surface area contributed by atoms with Gasteiger partial charge < -0.3 is 14.2 Å². The zero-order chi connectivity index (χ0) is 13.1. The minimum atomic E-state index is -3.49. The van der Waals surface area contributed by atoms with E-state index in [1.165, 1.54) is 0 Å². The Balaban J connectivity index is 5.00. The zero-order valence-corrected chi connectivity index (χ0v) is 12.2. The third-order valence-electron chi connectivity index (χ3n) is 1.79. The van der Waals surface area contributed by atoms with Crippen LogP contribution in [0.4, 0.5) is 0 Å². The summed E-state index contributed by atoms with van der Waals surface area (Å²) in [4.78, 5) is 0. The second-order valence-electron chi connectivity index (χ2n) is 5.59. The molecule has 0 aliphatic heterocycles. The van der Waals surface area contributed by atoms with Crippen LogP contribution in [0.1, 0.15) is 48.5 Å². The van der Waals surface area contributed by atoms with Crippen LogP contribution in [0.25, 0.3) is 0 Å². The summed E-state index contributed by atoms with van der Waals surface area (Å²) < 4.78 is 23.1. The molecule has 0 bridgehead atoms. The Morgan fingerprint density at radius 1 is 1.00 bits per heavy atom. The topological polar surface area (TPSA) is 55.8 Å². The average Bonchev–Trinajstić information content (AvgIpc) is 1.97. The van der Waals surface area contributed by atoms with Gasteiger partial charge in [-0.25, -0.2) is 0 Å². The van der Waals surface area contributed by atoms with Crippen molar-refractivity contribution in [1.29, 1.82) is 0 Å². The Bertz CT molecular complexity index is 241. The smallest absolute Gasteiger partial charge is 0.359 e. The first-order valence-electron chi connectivity index (χ1n) is 5.63. The first kappa shape index (κ1) is 16.1. The van der Waals surface area contributed by atoms with Gasteiger partial charge >= 0.3 is 7.60 Å². The van der Waals surface area contributed by atoms with Gasteiger partial charge in [-0.05, 0) is 33.1 Å². The van der Waals surface area contributed by atoms with Gasteiger partial charge in [-0.3, -0.25) is 4.57 Å². The third kappa shape index (κ3) is 4.96. The monoisotopic (exact) mass is 252 g/mol. The van der Waals surface area contributed by atoms with Crippen LogP contribution < -0.4 is 0 Å². The molecule has 1 N–H and O–H groups in total. The molecule has 0 rings (SSSR count). The molecule has 0 aromatic carbocycles. The third-order valence-corrected chi connectivity index (χ3v) is 4.59. The minimum Gasteiger partial charge on any atom is -0.380 e. The van der Waals surface area contributed by atoms with E-state index in [9.17, 15) is 9.67 Å². The Hall–Kier alpha value is 0.110. The van der Waals surface area contributed by atoms with Gasteiger partial charge in [-0.15, -0.1) is 0 Å². The van der Waals surface area contributed by atoms with Crippen molar-refractivity contribution in [2.75, 3.05) is 0 Å². The number of aliphatic hydroxyl groups is 1. The predicted octanol–water partition coefficient (Wildman–Crippen LogP) is 3.39. The normalized spacial score (nSPS) is 15.9. The highest BCUT2D eigenvalue weighted by Gasteiger charge is 2.43. The molecule has 0 aromatic rings. The lowest BCUT2D eigenvalue weighted by molar-refractivity contribution is 0.0576. The van der Waals surface area contributed by atoms with E-state index in [2.05, 4.69) is 0 Å². The second kappa shape index (κ2) is 5.63. The fourth-order valence-corrected chi connectivity index (χ4v) is 3.61. The zero-order valence-electron chi connectivity index (χ0n) is 11.4. The molecular weight excluding hydrogens is 227 g/mol. The van der Waals surface area contributed by atoms with Gasteiger partial charge in [0.15, 0.2) is 5.85 Å². The molecule has 0 spiro atoms. The minimum absolute atomic E-state index is 0.249. The molecule has 16 heavy (non-hydrogen) atoms. The Kier molecular flexibility index (Phi) is 5.67. The molecule has 0 saturated heterocycles. The quantitative estimate of drug-likeness (QED) is 0.762. The van der Waals surface area contributed by atoms with Crippen LogP contribution >= 0.6 is 7.60 Å². The summed E-state index contributed by atoms with van der Waals surface area (Å²) in [6.07, 6.45) is -0.497. The van der Waals surface area contributed by atoms with Crippen LogP contribution in [0.3, 0.4) is 0 Å².